The Morgan fingerprint density at radius 3 is 2.84 bits per heavy atom. The fourth-order valence-electron chi connectivity index (χ4n) is 2.27. The van der Waals surface area contributed by atoms with E-state index in [2.05, 4.69) is 5.32 Å². The number of ether oxygens (including phenoxy) is 3. The maximum absolute atomic E-state index is 11.1. The minimum atomic E-state index is -0.444. The fourth-order valence-corrected chi connectivity index (χ4v) is 2.27. The molecular weight excluding hydrogens is 252 g/mol. The lowest BCUT2D eigenvalue weighted by atomic mass is 10.0. The van der Waals surface area contributed by atoms with Gasteiger partial charge in [0.05, 0.1) is 24.2 Å². The molecule has 7 nitrogen and oxygen atoms in total. The molecule has 1 saturated heterocycles. The number of hydrogen-bond acceptors (Lipinski definition) is 6. The van der Waals surface area contributed by atoms with Crippen LogP contribution in [-0.2, 0) is 4.74 Å². The summed E-state index contributed by atoms with van der Waals surface area (Å²) in [4.78, 5) is 10.7. The van der Waals surface area contributed by atoms with Crippen LogP contribution in [0.5, 0.6) is 11.5 Å². The molecule has 0 radical (unpaired) electrons. The van der Waals surface area contributed by atoms with Crippen LogP contribution in [0.1, 0.15) is 11.6 Å². The highest BCUT2D eigenvalue weighted by molar-refractivity contribution is 5.59. The molecule has 102 valence electrons. The zero-order valence-electron chi connectivity index (χ0n) is 10.3. The highest BCUT2D eigenvalue weighted by Crippen LogP contribution is 2.41. The van der Waals surface area contributed by atoms with Crippen molar-refractivity contribution < 1.29 is 19.1 Å². The third-order valence-corrected chi connectivity index (χ3v) is 3.17. The Labute approximate surface area is 109 Å². The van der Waals surface area contributed by atoms with Crippen molar-refractivity contribution in [2.75, 3.05) is 33.0 Å². The molecule has 0 amide bonds. The third kappa shape index (κ3) is 2.34. The van der Waals surface area contributed by atoms with Gasteiger partial charge < -0.3 is 19.5 Å². The van der Waals surface area contributed by atoms with Crippen LogP contribution in [0.25, 0.3) is 0 Å². The highest BCUT2D eigenvalue weighted by atomic mass is 16.6. The van der Waals surface area contributed by atoms with Gasteiger partial charge >= 0.3 is 5.69 Å². The van der Waals surface area contributed by atoms with Crippen LogP contribution in [0, 0.1) is 10.1 Å². The number of nitro benzene ring substituents is 1. The van der Waals surface area contributed by atoms with Crippen molar-refractivity contribution in [1.82, 2.24) is 5.32 Å². The average molecular weight is 266 g/mol. The molecule has 1 aromatic carbocycles. The molecule has 7 heteroatoms. The number of benzene rings is 1. The second-order valence-electron chi connectivity index (χ2n) is 4.40. The van der Waals surface area contributed by atoms with Gasteiger partial charge in [0, 0.05) is 12.6 Å². The molecule has 1 unspecified atom stereocenters. The zero-order valence-corrected chi connectivity index (χ0v) is 10.3. The summed E-state index contributed by atoms with van der Waals surface area (Å²) in [6.07, 6.45) is 0. The Balaban J connectivity index is 2.00. The van der Waals surface area contributed by atoms with Gasteiger partial charge in [-0.2, -0.15) is 0 Å². The van der Waals surface area contributed by atoms with Crippen molar-refractivity contribution in [3.63, 3.8) is 0 Å². The van der Waals surface area contributed by atoms with Gasteiger partial charge in [-0.15, -0.1) is 0 Å². The summed E-state index contributed by atoms with van der Waals surface area (Å²) in [5.74, 6) is 0.652. The Kier molecular flexibility index (Phi) is 3.22. The van der Waals surface area contributed by atoms with Crippen LogP contribution < -0.4 is 14.8 Å². The maximum atomic E-state index is 11.1. The van der Waals surface area contributed by atoms with Crippen LogP contribution in [0.2, 0.25) is 0 Å². The molecule has 1 N–H and O–H groups in total. The predicted octanol–water partition coefficient (Wildman–Crippen LogP) is 1.03. The van der Waals surface area contributed by atoms with Gasteiger partial charge in [0.25, 0.3) is 0 Å². The number of fused-ring (bicyclic) bond motifs is 1. The molecule has 3 rings (SSSR count). The number of rotatable bonds is 2. The van der Waals surface area contributed by atoms with Crippen molar-refractivity contribution in [3.8, 4) is 11.5 Å². The van der Waals surface area contributed by atoms with E-state index in [4.69, 9.17) is 14.2 Å². The van der Waals surface area contributed by atoms with E-state index in [0.717, 1.165) is 12.1 Å². The first-order chi connectivity index (χ1) is 9.25. The van der Waals surface area contributed by atoms with Crippen molar-refractivity contribution in [3.05, 3.63) is 27.8 Å². The number of nitrogens with one attached hydrogen (secondary N) is 1. The number of hydrogen-bond donors (Lipinski definition) is 1. The summed E-state index contributed by atoms with van der Waals surface area (Å²) in [6.45, 7) is 2.62. The molecule has 0 aliphatic carbocycles. The molecule has 0 bridgehead atoms. The van der Waals surface area contributed by atoms with E-state index in [1.165, 1.54) is 6.07 Å². The first-order valence-electron chi connectivity index (χ1n) is 6.15. The minimum absolute atomic E-state index is 0.0525. The van der Waals surface area contributed by atoms with Crippen LogP contribution in [0.15, 0.2) is 12.1 Å². The maximum Gasteiger partial charge on any atom is 0.315 e. The van der Waals surface area contributed by atoms with E-state index >= 15 is 0 Å². The second kappa shape index (κ2) is 5.02. The van der Waals surface area contributed by atoms with Gasteiger partial charge in [-0.1, -0.05) is 0 Å². The van der Waals surface area contributed by atoms with Crippen molar-refractivity contribution in [1.29, 1.82) is 0 Å². The summed E-state index contributed by atoms with van der Waals surface area (Å²) >= 11 is 0. The number of nitrogens with zero attached hydrogens (tertiary/aromatic N) is 1. The molecule has 0 aromatic heterocycles. The van der Waals surface area contributed by atoms with Gasteiger partial charge in [-0.3, -0.25) is 10.1 Å². The van der Waals surface area contributed by atoms with E-state index in [-0.39, 0.29) is 17.5 Å². The molecule has 0 spiro atoms. The smallest absolute Gasteiger partial charge is 0.315 e. The van der Waals surface area contributed by atoms with Gasteiger partial charge in [0.2, 0.25) is 5.75 Å². The topological polar surface area (TPSA) is 82.9 Å². The van der Waals surface area contributed by atoms with E-state index in [1.807, 2.05) is 0 Å². The fraction of sp³-hybridized carbons (Fsp3) is 0.500. The lowest BCUT2D eigenvalue weighted by molar-refractivity contribution is -0.386. The Bertz CT molecular complexity index is 499. The van der Waals surface area contributed by atoms with Gasteiger partial charge in [-0.25, -0.2) is 0 Å². The normalized spacial score (nSPS) is 22.0. The minimum Gasteiger partial charge on any atom is -0.486 e. The molecular formula is C12H14N2O5. The lowest BCUT2D eigenvalue weighted by Gasteiger charge is -2.26. The molecule has 19 heavy (non-hydrogen) atoms. The molecule has 2 aliphatic heterocycles. The van der Waals surface area contributed by atoms with Crippen molar-refractivity contribution >= 4 is 5.69 Å². The van der Waals surface area contributed by atoms with Crippen LogP contribution in [0.3, 0.4) is 0 Å². The first kappa shape index (κ1) is 12.2. The molecule has 2 heterocycles. The highest BCUT2D eigenvalue weighted by Gasteiger charge is 2.28. The monoisotopic (exact) mass is 266 g/mol. The van der Waals surface area contributed by atoms with E-state index < -0.39 is 4.92 Å². The second-order valence-corrected chi connectivity index (χ2v) is 4.40. The summed E-state index contributed by atoms with van der Waals surface area (Å²) in [6, 6.07) is 3.26. The predicted molar refractivity (Wildman–Crippen MR) is 65.6 cm³/mol. The molecule has 1 atom stereocenters. The third-order valence-electron chi connectivity index (χ3n) is 3.17. The lowest BCUT2D eigenvalue weighted by Crippen LogP contribution is -2.34. The number of nitro groups is 1. The van der Waals surface area contributed by atoms with E-state index in [0.29, 0.717) is 32.2 Å². The summed E-state index contributed by atoms with van der Waals surface area (Å²) < 4.78 is 16.2. The van der Waals surface area contributed by atoms with E-state index in [1.54, 1.807) is 6.07 Å². The first-order valence-corrected chi connectivity index (χ1v) is 6.15. The van der Waals surface area contributed by atoms with E-state index in [9.17, 15) is 10.1 Å². The standard InChI is InChI=1S/C12H14N2O5/c15-14(16)10-5-8(9-7-17-2-1-13-9)6-11-12(10)19-4-3-18-11/h5-6,9,13H,1-4,7H2. The van der Waals surface area contributed by atoms with Crippen LogP contribution >= 0.6 is 0 Å². The van der Waals surface area contributed by atoms with Crippen molar-refractivity contribution in [2.24, 2.45) is 0 Å². The van der Waals surface area contributed by atoms with Crippen molar-refractivity contribution in [2.45, 2.75) is 6.04 Å². The summed E-state index contributed by atoms with van der Waals surface area (Å²) in [5.41, 5.74) is 0.732. The summed E-state index contributed by atoms with van der Waals surface area (Å²) in [7, 11) is 0. The molecule has 1 aromatic rings. The average Bonchev–Trinajstić information content (AvgIpc) is 2.47. The van der Waals surface area contributed by atoms with Crippen LogP contribution in [-0.4, -0.2) is 37.9 Å². The zero-order chi connectivity index (χ0) is 13.2. The Morgan fingerprint density at radius 1 is 1.26 bits per heavy atom. The molecule has 2 aliphatic rings. The Hall–Kier alpha value is -1.86. The molecule has 0 saturated carbocycles. The van der Waals surface area contributed by atoms with Gasteiger partial charge in [-0.05, 0) is 11.6 Å². The number of morpholine rings is 1. The van der Waals surface area contributed by atoms with Crippen LogP contribution in [0.4, 0.5) is 5.69 Å². The quantitative estimate of drug-likeness (QED) is 0.635. The van der Waals surface area contributed by atoms with Gasteiger partial charge in [0.15, 0.2) is 5.75 Å². The SMILES string of the molecule is O=[N+]([O-])c1cc(C2COCCN2)cc2c1OCCO2. The largest absolute Gasteiger partial charge is 0.486 e. The molecule has 1 fully saturated rings. The Morgan fingerprint density at radius 2 is 2.11 bits per heavy atom. The van der Waals surface area contributed by atoms with Gasteiger partial charge in [0.1, 0.15) is 13.2 Å². The summed E-state index contributed by atoms with van der Waals surface area (Å²) in [5, 5.41) is 14.4.